The van der Waals surface area contributed by atoms with Crippen LogP contribution in [0.4, 0.5) is 5.69 Å². The summed E-state index contributed by atoms with van der Waals surface area (Å²) < 4.78 is 0. The van der Waals surface area contributed by atoms with Crippen LogP contribution in [0.3, 0.4) is 0 Å². The van der Waals surface area contributed by atoms with Crippen LogP contribution >= 0.6 is 23.1 Å². The smallest absolute Gasteiger partial charge is 0.254 e. The molecule has 2 aliphatic heterocycles. The standard InChI is InChI=1S/C19H21N3O2S2/c23-18-4-10-26-17-2-1-15(11-16(17)20-18)19(24)22-7-5-21(6-8-22)12-14-3-9-25-13-14/h1-3,9,11,13H,4-8,10,12H2,(H,20,23). The van der Waals surface area contributed by atoms with Gasteiger partial charge in [0.2, 0.25) is 5.91 Å². The number of piperazine rings is 1. The van der Waals surface area contributed by atoms with E-state index in [1.165, 1.54) is 5.56 Å². The van der Waals surface area contributed by atoms with Gasteiger partial charge in [0, 0.05) is 55.4 Å². The molecule has 1 aromatic heterocycles. The van der Waals surface area contributed by atoms with Gasteiger partial charge in [-0.2, -0.15) is 11.3 Å². The molecule has 5 nitrogen and oxygen atoms in total. The van der Waals surface area contributed by atoms with E-state index in [-0.39, 0.29) is 11.8 Å². The van der Waals surface area contributed by atoms with Gasteiger partial charge in [0.15, 0.2) is 0 Å². The summed E-state index contributed by atoms with van der Waals surface area (Å²) in [5, 5.41) is 7.20. The first-order valence-corrected chi connectivity index (χ1v) is 10.7. The molecule has 0 unspecified atom stereocenters. The second-order valence-corrected chi connectivity index (χ2v) is 8.47. The fourth-order valence-corrected chi connectivity index (χ4v) is 4.88. The summed E-state index contributed by atoms with van der Waals surface area (Å²) >= 11 is 3.38. The number of fused-ring (bicyclic) bond motifs is 1. The van der Waals surface area contributed by atoms with Crippen LogP contribution < -0.4 is 5.32 Å². The minimum atomic E-state index is 0.0166. The zero-order chi connectivity index (χ0) is 17.9. The highest BCUT2D eigenvalue weighted by atomic mass is 32.2. The van der Waals surface area contributed by atoms with Gasteiger partial charge in [-0.05, 0) is 40.6 Å². The molecular weight excluding hydrogens is 366 g/mol. The number of amides is 2. The van der Waals surface area contributed by atoms with Crippen LogP contribution in [0.2, 0.25) is 0 Å². The third kappa shape index (κ3) is 3.95. The van der Waals surface area contributed by atoms with Crippen LogP contribution in [0.15, 0.2) is 39.9 Å². The Kier molecular flexibility index (Phi) is 5.28. The maximum atomic E-state index is 12.9. The molecule has 0 aliphatic carbocycles. The van der Waals surface area contributed by atoms with E-state index in [1.807, 2.05) is 23.1 Å². The van der Waals surface area contributed by atoms with Crippen LogP contribution in [0.25, 0.3) is 0 Å². The maximum absolute atomic E-state index is 12.9. The van der Waals surface area contributed by atoms with E-state index in [1.54, 1.807) is 23.1 Å². The Hall–Kier alpha value is -1.83. The van der Waals surface area contributed by atoms with Crippen molar-refractivity contribution in [1.82, 2.24) is 9.80 Å². The van der Waals surface area contributed by atoms with Crippen LogP contribution in [0, 0.1) is 0 Å². The zero-order valence-electron chi connectivity index (χ0n) is 14.4. The van der Waals surface area contributed by atoms with Gasteiger partial charge in [0.1, 0.15) is 0 Å². The molecule has 3 heterocycles. The van der Waals surface area contributed by atoms with Crippen molar-refractivity contribution in [2.24, 2.45) is 0 Å². The summed E-state index contributed by atoms with van der Waals surface area (Å²) in [7, 11) is 0. The minimum absolute atomic E-state index is 0.0166. The number of hydrogen-bond donors (Lipinski definition) is 1. The number of rotatable bonds is 3. The third-order valence-electron chi connectivity index (χ3n) is 4.73. The van der Waals surface area contributed by atoms with Crippen molar-refractivity contribution in [3.05, 3.63) is 46.2 Å². The number of nitrogens with one attached hydrogen (secondary N) is 1. The summed E-state index contributed by atoms with van der Waals surface area (Å²) in [6.45, 7) is 4.20. The molecule has 7 heteroatoms. The van der Waals surface area contributed by atoms with Crippen molar-refractivity contribution >= 4 is 40.6 Å². The number of anilines is 1. The number of benzene rings is 1. The lowest BCUT2D eigenvalue weighted by Gasteiger charge is -2.34. The van der Waals surface area contributed by atoms with Crippen LogP contribution in [-0.2, 0) is 11.3 Å². The van der Waals surface area contributed by atoms with Crippen LogP contribution in [0.5, 0.6) is 0 Å². The average molecular weight is 388 g/mol. The van der Waals surface area contributed by atoms with Crippen molar-refractivity contribution in [2.75, 3.05) is 37.2 Å². The molecule has 2 aliphatic rings. The Labute approximate surface area is 161 Å². The van der Waals surface area contributed by atoms with Gasteiger partial charge in [0.05, 0.1) is 5.69 Å². The number of thioether (sulfide) groups is 1. The first-order valence-electron chi connectivity index (χ1n) is 8.78. The zero-order valence-corrected chi connectivity index (χ0v) is 16.1. The molecular formula is C19H21N3O2S2. The molecule has 136 valence electrons. The second-order valence-electron chi connectivity index (χ2n) is 6.56. The van der Waals surface area contributed by atoms with E-state index in [0.717, 1.165) is 49.1 Å². The van der Waals surface area contributed by atoms with Crippen molar-refractivity contribution in [3.63, 3.8) is 0 Å². The molecule has 0 spiro atoms. The van der Waals surface area contributed by atoms with E-state index in [4.69, 9.17) is 0 Å². The first-order chi connectivity index (χ1) is 12.7. The Bertz CT molecular complexity index is 799. The average Bonchev–Trinajstić information content (AvgIpc) is 3.08. The van der Waals surface area contributed by atoms with E-state index in [9.17, 15) is 9.59 Å². The quantitative estimate of drug-likeness (QED) is 0.879. The fraction of sp³-hybridized carbons (Fsp3) is 0.368. The molecule has 0 radical (unpaired) electrons. The second kappa shape index (κ2) is 7.82. The lowest BCUT2D eigenvalue weighted by molar-refractivity contribution is -0.115. The third-order valence-corrected chi connectivity index (χ3v) is 6.54. The van der Waals surface area contributed by atoms with E-state index >= 15 is 0 Å². The van der Waals surface area contributed by atoms with Crippen molar-refractivity contribution in [3.8, 4) is 0 Å². The van der Waals surface area contributed by atoms with Gasteiger partial charge >= 0.3 is 0 Å². The van der Waals surface area contributed by atoms with Gasteiger partial charge < -0.3 is 10.2 Å². The molecule has 26 heavy (non-hydrogen) atoms. The SMILES string of the molecule is O=C1CCSc2ccc(C(=O)N3CCN(Cc4ccsc4)CC3)cc2N1. The highest BCUT2D eigenvalue weighted by Crippen LogP contribution is 2.31. The minimum Gasteiger partial charge on any atom is -0.336 e. The van der Waals surface area contributed by atoms with Crippen LogP contribution in [-0.4, -0.2) is 53.5 Å². The predicted molar refractivity (Wildman–Crippen MR) is 106 cm³/mol. The van der Waals surface area contributed by atoms with Gasteiger partial charge in [-0.25, -0.2) is 0 Å². The molecule has 2 amide bonds. The molecule has 2 aromatic rings. The number of carbonyl (C=O) groups is 2. The lowest BCUT2D eigenvalue weighted by atomic mass is 10.1. The normalized spacial score (nSPS) is 18.2. The molecule has 0 atom stereocenters. The maximum Gasteiger partial charge on any atom is 0.254 e. The highest BCUT2D eigenvalue weighted by Gasteiger charge is 2.23. The van der Waals surface area contributed by atoms with Crippen molar-refractivity contribution < 1.29 is 9.59 Å². The van der Waals surface area contributed by atoms with Crippen molar-refractivity contribution in [1.29, 1.82) is 0 Å². The molecule has 1 fully saturated rings. The van der Waals surface area contributed by atoms with Crippen LogP contribution in [0.1, 0.15) is 22.3 Å². The highest BCUT2D eigenvalue weighted by molar-refractivity contribution is 7.99. The summed E-state index contributed by atoms with van der Waals surface area (Å²) in [5.74, 6) is 0.840. The number of thiophene rings is 1. The van der Waals surface area contributed by atoms with E-state index < -0.39 is 0 Å². The van der Waals surface area contributed by atoms with E-state index in [2.05, 4.69) is 27.0 Å². The molecule has 1 N–H and O–H groups in total. The van der Waals surface area contributed by atoms with Gasteiger partial charge in [-0.1, -0.05) is 0 Å². The first kappa shape index (κ1) is 17.6. The van der Waals surface area contributed by atoms with Gasteiger partial charge in [-0.15, -0.1) is 11.8 Å². The Morgan fingerprint density at radius 3 is 2.77 bits per heavy atom. The summed E-state index contributed by atoms with van der Waals surface area (Å²) in [6.07, 6.45) is 0.509. The van der Waals surface area contributed by atoms with Gasteiger partial charge in [-0.3, -0.25) is 14.5 Å². The Morgan fingerprint density at radius 1 is 1.15 bits per heavy atom. The largest absolute Gasteiger partial charge is 0.336 e. The molecule has 1 saturated heterocycles. The molecule has 4 rings (SSSR count). The lowest BCUT2D eigenvalue weighted by Crippen LogP contribution is -2.48. The van der Waals surface area contributed by atoms with Gasteiger partial charge in [0.25, 0.3) is 5.91 Å². The Balaban J connectivity index is 1.40. The Morgan fingerprint density at radius 2 is 2.00 bits per heavy atom. The summed E-state index contributed by atoms with van der Waals surface area (Å²) in [4.78, 5) is 30.0. The number of nitrogens with zero attached hydrogens (tertiary/aromatic N) is 2. The molecule has 0 bridgehead atoms. The molecule has 0 saturated carbocycles. The number of hydrogen-bond acceptors (Lipinski definition) is 5. The number of carbonyl (C=O) groups excluding carboxylic acids is 2. The monoisotopic (exact) mass is 387 g/mol. The summed E-state index contributed by atoms with van der Waals surface area (Å²) in [5.41, 5.74) is 2.76. The van der Waals surface area contributed by atoms with E-state index in [0.29, 0.717) is 12.0 Å². The topological polar surface area (TPSA) is 52.7 Å². The predicted octanol–water partition coefficient (Wildman–Crippen LogP) is 3.14. The fourth-order valence-electron chi connectivity index (χ4n) is 3.29. The summed E-state index contributed by atoms with van der Waals surface area (Å²) in [6, 6.07) is 7.81. The van der Waals surface area contributed by atoms with Crippen molar-refractivity contribution in [2.45, 2.75) is 17.9 Å². The molecule has 1 aromatic carbocycles.